The van der Waals surface area contributed by atoms with Gasteiger partial charge in [-0.15, -0.1) is 5.10 Å². The second-order valence-electron chi connectivity index (χ2n) is 5.26. The topological polar surface area (TPSA) is 104 Å². The fourth-order valence-corrected chi connectivity index (χ4v) is 2.87. The molecular weight excluding hydrogens is 326 g/mol. The lowest BCUT2D eigenvalue weighted by Crippen LogP contribution is -2.24. The van der Waals surface area contributed by atoms with Crippen molar-refractivity contribution in [2.24, 2.45) is 0 Å². The summed E-state index contributed by atoms with van der Waals surface area (Å²) in [7, 11) is 0. The Morgan fingerprint density at radius 2 is 2.17 bits per heavy atom. The minimum absolute atomic E-state index is 0.192. The van der Waals surface area contributed by atoms with Crippen LogP contribution < -0.4 is 11.0 Å². The summed E-state index contributed by atoms with van der Waals surface area (Å²) in [4.78, 5) is 24.0. The van der Waals surface area contributed by atoms with Gasteiger partial charge in [-0.2, -0.15) is 5.26 Å². The van der Waals surface area contributed by atoms with E-state index in [1.807, 2.05) is 13.0 Å². The zero-order valence-corrected chi connectivity index (χ0v) is 14.4. The van der Waals surface area contributed by atoms with Crippen LogP contribution in [0, 0.1) is 11.3 Å². The number of rotatable bonds is 7. The second kappa shape index (κ2) is 8.36. The first-order chi connectivity index (χ1) is 11.5. The molecule has 0 aliphatic heterocycles. The van der Waals surface area contributed by atoms with Gasteiger partial charge in [-0.1, -0.05) is 25.1 Å². The van der Waals surface area contributed by atoms with E-state index < -0.39 is 5.25 Å². The number of nitriles is 1. The minimum atomic E-state index is -0.420. The summed E-state index contributed by atoms with van der Waals surface area (Å²) in [6, 6.07) is 8.67. The molecule has 0 fully saturated rings. The Labute approximate surface area is 144 Å². The number of hydrogen-bond acceptors (Lipinski definition) is 5. The molecule has 0 spiro atoms. The van der Waals surface area contributed by atoms with Gasteiger partial charge in [0.2, 0.25) is 5.91 Å². The SMILES string of the molecule is CCCCn1c(S[C@@H](C)C(=O)Nc2ccc(C#N)cc2)n[nH]c1=O. The first-order valence-corrected chi connectivity index (χ1v) is 8.56. The van der Waals surface area contributed by atoms with Gasteiger partial charge in [0.1, 0.15) is 0 Å². The van der Waals surface area contributed by atoms with Crippen molar-refractivity contribution in [3.63, 3.8) is 0 Å². The standard InChI is InChI=1S/C16H19N5O2S/c1-3-4-9-21-15(23)19-20-16(21)24-11(2)14(22)18-13-7-5-12(10-17)6-8-13/h5-8,11H,3-4,9H2,1-2H3,(H,18,22)(H,19,23)/t11-/m0/s1. The summed E-state index contributed by atoms with van der Waals surface area (Å²) in [6.45, 7) is 4.39. The average molecular weight is 345 g/mol. The number of hydrogen-bond donors (Lipinski definition) is 2. The largest absolute Gasteiger partial charge is 0.343 e. The van der Waals surface area contributed by atoms with E-state index in [9.17, 15) is 9.59 Å². The van der Waals surface area contributed by atoms with Gasteiger partial charge in [-0.05, 0) is 37.6 Å². The van der Waals surface area contributed by atoms with Crippen molar-refractivity contribution in [2.45, 2.75) is 43.6 Å². The number of unbranched alkanes of at least 4 members (excludes halogenated alkanes) is 1. The number of aromatic amines is 1. The van der Waals surface area contributed by atoms with E-state index in [1.54, 1.807) is 35.8 Å². The molecule has 8 heteroatoms. The second-order valence-corrected chi connectivity index (χ2v) is 6.56. The van der Waals surface area contributed by atoms with Crippen molar-refractivity contribution >= 4 is 23.4 Å². The lowest BCUT2D eigenvalue weighted by molar-refractivity contribution is -0.115. The van der Waals surface area contributed by atoms with E-state index in [4.69, 9.17) is 5.26 Å². The Kier molecular flexibility index (Phi) is 6.21. The van der Waals surface area contributed by atoms with E-state index in [2.05, 4.69) is 15.5 Å². The van der Waals surface area contributed by atoms with Crippen molar-refractivity contribution < 1.29 is 4.79 Å². The van der Waals surface area contributed by atoms with Crippen LogP contribution in [0.4, 0.5) is 5.69 Å². The Morgan fingerprint density at radius 3 is 2.79 bits per heavy atom. The molecule has 1 heterocycles. The summed E-state index contributed by atoms with van der Waals surface area (Å²) in [5, 5.41) is 18.1. The van der Waals surface area contributed by atoms with Crippen LogP contribution in [0.2, 0.25) is 0 Å². The molecule has 126 valence electrons. The molecule has 0 aliphatic carbocycles. The van der Waals surface area contributed by atoms with E-state index in [0.717, 1.165) is 12.8 Å². The average Bonchev–Trinajstić information content (AvgIpc) is 2.93. The molecule has 0 saturated carbocycles. The molecule has 2 aromatic rings. The highest BCUT2D eigenvalue weighted by molar-refractivity contribution is 8.00. The third-order valence-electron chi connectivity index (χ3n) is 3.39. The molecule has 2 rings (SSSR count). The Balaban J connectivity index is 2.01. The summed E-state index contributed by atoms with van der Waals surface area (Å²) >= 11 is 1.23. The van der Waals surface area contributed by atoms with Gasteiger partial charge in [0.15, 0.2) is 5.16 Å². The maximum absolute atomic E-state index is 12.3. The minimum Gasteiger partial charge on any atom is -0.325 e. The Hall–Kier alpha value is -2.53. The fraction of sp³-hybridized carbons (Fsp3) is 0.375. The molecule has 2 N–H and O–H groups in total. The molecule has 1 amide bonds. The third-order valence-corrected chi connectivity index (χ3v) is 4.48. The van der Waals surface area contributed by atoms with Crippen LogP contribution in [0.1, 0.15) is 32.3 Å². The normalized spacial score (nSPS) is 11.7. The molecule has 0 unspecified atom stereocenters. The molecule has 7 nitrogen and oxygen atoms in total. The molecule has 1 aromatic carbocycles. The van der Waals surface area contributed by atoms with Gasteiger partial charge in [0, 0.05) is 12.2 Å². The molecule has 0 radical (unpaired) electrons. The third kappa shape index (κ3) is 4.49. The number of carbonyl (C=O) groups is 1. The van der Waals surface area contributed by atoms with E-state index in [0.29, 0.717) is 23.0 Å². The van der Waals surface area contributed by atoms with Crippen LogP contribution in [0.5, 0.6) is 0 Å². The molecule has 0 aliphatic rings. The molecule has 24 heavy (non-hydrogen) atoms. The Morgan fingerprint density at radius 1 is 1.46 bits per heavy atom. The number of nitrogens with zero attached hydrogens (tertiary/aromatic N) is 3. The highest BCUT2D eigenvalue weighted by Crippen LogP contribution is 2.21. The van der Waals surface area contributed by atoms with Crippen molar-refractivity contribution in [1.82, 2.24) is 14.8 Å². The van der Waals surface area contributed by atoms with Crippen molar-refractivity contribution in [1.29, 1.82) is 5.26 Å². The summed E-state index contributed by atoms with van der Waals surface area (Å²) in [5.74, 6) is -0.192. The van der Waals surface area contributed by atoms with Gasteiger partial charge < -0.3 is 5.32 Å². The zero-order valence-electron chi connectivity index (χ0n) is 13.6. The van der Waals surface area contributed by atoms with Crippen LogP contribution in [0.15, 0.2) is 34.2 Å². The molecule has 1 atom stereocenters. The van der Waals surface area contributed by atoms with Gasteiger partial charge in [-0.25, -0.2) is 9.89 Å². The van der Waals surface area contributed by atoms with E-state index in [1.165, 1.54) is 11.8 Å². The molecule has 0 saturated heterocycles. The summed E-state index contributed by atoms with van der Waals surface area (Å²) in [5.41, 5.74) is 0.898. The lowest BCUT2D eigenvalue weighted by Gasteiger charge is -2.12. The van der Waals surface area contributed by atoms with E-state index in [-0.39, 0.29) is 11.6 Å². The number of amides is 1. The van der Waals surface area contributed by atoms with Crippen molar-refractivity contribution in [2.75, 3.05) is 5.32 Å². The monoisotopic (exact) mass is 345 g/mol. The molecular formula is C16H19N5O2S. The highest BCUT2D eigenvalue weighted by Gasteiger charge is 2.19. The fourth-order valence-electron chi connectivity index (χ4n) is 1.99. The number of thioether (sulfide) groups is 1. The number of nitrogens with one attached hydrogen (secondary N) is 2. The van der Waals surface area contributed by atoms with E-state index >= 15 is 0 Å². The van der Waals surface area contributed by atoms with Gasteiger partial charge in [0.05, 0.1) is 16.9 Å². The van der Waals surface area contributed by atoms with Gasteiger partial charge >= 0.3 is 5.69 Å². The van der Waals surface area contributed by atoms with Crippen LogP contribution in [0.25, 0.3) is 0 Å². The van der Waals surface area contributed by atoms with Crippen molar-refractivity contribution in [3.05, 3.63) is 40.3 Å². The predicted molar refractivity (Wildman–Crippen MR) is 92.9 cm³/mol. The quantitative estimate of drug-likeness (QED) is 0.750. The van der Waals surface area contributed by atoms with Crippen molar-refractivity contribution in [3.8, 4) is 6.07 Å². The van der Waals surface area contributed by atoms with Gasteiger partial charge in [-0.3, -0.25) is 9.36 Å². The number of anilines is 1. The maximum Gasteiger partial charge on any atom is 0.343 e. The lowest BCUT2D eigenvalue weighted by atomic mass is 10.2. The first-order valence-electron chi connectivity index (χ1n) is 7.68. The van der Waals surface area contributed by atoms with Crippen LogP contribution in [-0.4, -0.2) is 25.9 Å². The maximum atomic E-state index is 12.3. The number of carbonyl (C=O) groups excluding carboxylic acids is 1. The summed E-state index contributed by atoms with van der Waals surface area (Å²) in [6.07, 6.45) is 1.84. The van der Waals surface area contributed by atoms with Crippen LogP contribution in [0.3, 0.4) is 0 Å². The number of aromatic nitrogens is 3. The summed E-state index contributed by atoms with van der Waals surface area (Å²) < 4.78 is 1.56. The zero-order chi connectivity index (χ0) is 17.5. The number of benzene rings is 1. The predicted octanol–water partition coefficient (Wildman–Crippen LogP) is 2.36. The first kappa shape index (κ1) is 17.8. The molecule has 1 aromatic heterocycles. The van der Waals surface area contributed by atoms with Crippen LogP contribution >= 0.6 is 11.8 Å². The van der Waals surface area contributed by atoms with Crippen LogP contribution in [-0.2, 0) is 11.3 Å². The number of H-pyrrole nitrogens is 1. The Bertz CT molecular complexity index is 788. The molecule has 0 bridgehead atoms. The highest BCUT2D eigenvalue weighted by atomic mass is 32.2. The smallest absolute Gasteiger partial charge is 0.325 e. The van der Waals surface area contributed by atoms with Gasteiger partial charge in [0.25, 0.3) is 0 Å².